The monoisotopic (exact) mass is 628 g/mol. The predicted molar refractivity (Wildman–Crippen MR) is 172 cm³/mol. The Morgan fingerprint density at radius 1 is 0.957 bits per heavy atom. The minimum absolute atomic E-state index is 0.0161. The molecule has 2 aliphatic heterocycles. The fourth-order valence-electron chi connectivity index (χ4n) is 6.18. The lowest BCUT2D eigenvalue weighted by Gasteiger charge is -2.39. The Hall–Kier alpha value is -4.61. The van der Waals surface area contributed by atoms with Crippen molar-refractivity contribution in [2.75, 3.05) is 39.8 Å². The van der Waals surface area contributed by atoms with E-state index >= 15 is 0 Å². The highest BCUT2D eigenvalue weighted by Crippen LogP contribution is 2.33. The van der Waals surface area contributed by atoms with Gasteiger partial charge in [-0.3, -0.25) is 19.1 Å². The number of carbonyl (C=O) groups excluding carboxylic acids is 2. The topological polar surface area (TPSA) is 115 Å². The maximum atomic E-state index is 13.3. The van der Waals surface area contributed by atoms with Gasteiger partial charge in [-0.05, 0) is 67.3 Å². The van der Waals surface area contributed by atoms with Gasteiger partial charge >= 0.3 is 5.76 Å². The lowest BCUT2D eigenvalue weighted by Crippen LogP contribution is -2.56. The van der Waals surface area contributed by atoms with Crippen LogP contribution in [-0.4, -0.2) is 78.2 Å². The number of likely N-dealkylation sites (N-methyl/N-ethyl adjacent to an activating group) is 1. The second kappa shape index (κ2) is 14.2. The van der Waals surface area contributed by atoms with Crippen LogP contribution in [0.2, 0.25) is 0 Å². The van der Waals surface area contributed by atoms with E-state index in [-0.39, 0.29) is 42.7 Å². The minimum Gasteiger partial charge on any atom is -0.493 e. The summed E-state index contributed by atoms with van der Waals surface area (Å²) in [4.78, 5) is 42.8. The number of rotatable bonds is 5. The average molecular weight is 629 g/mol. The SMILES string of the molecule is CCN1CC(=O)N[C@H]2CCN(CCn3c(=O)oc4ccccc43)C[C@@H]2OCc2cccc(c2)Oc2cc(ccc2OC)CCC1=O. The van der Waals surface area contributed by atoms with Gasteiger partial charge in [-0.1, -0.05) is 30.3 Å². The lowest BCUT2D eigenvalue weighted by atomic mass is 10.0. The summed E-state index contributed by atoms with van der Waals surface area (Å²) in [5.74, 6) is 1.12. The van der Waals surface area contributed by atoms with Gasteiger partial charge in [0.1, 0.15) is 5.75 Å². The van der Waals surface area contributed by atoms with E-state index in [4.69, 9.17) is 18.6 Å². The molecule has 0 unspecified atom stereocenters. The number of likely N-dealkylation sites (tertiary alicyclic amines) is 1. The zero-order valence-corrected chi connectivity index (χ0v) is 26.3. The number of nitrogens with zero attached hydrogens (tertiary/aromatic N) is 3. The number of hydrogen-bond donors (Lipinski definition) is 1. The van der Waals surface area contributed by atoms with Gasteiger partial charge < -0.3 is 28.8 Å². The number of hydrogen-bond acceptors (Lipinski definition) is 8. The van der Waals surface area contributed by atoms with Crippen LogP contribution in [0.4, 0.5) is 0 Å². The first-order valence-electron chi connectivity index (χ1n) is 15.8. The number of aryl methyl sites for hydroxylation is 1. The van der Waals surface area contributed by atoms with Gasteiger partial charge in [0.25, 0.3) is 0 Å². The number of fused-ring (bicyclic) bond motifs is 6. The third kappa shape index (κ3) is 7.27. The van der Waals surface area contributed by atoms with Crippen LogP contribution in [0.5, 0.6) is 17.2 Å². The molecule has 0 aliphatic carbocycles. The molecule has 1 aromatic heterocycles. The van der Waals surface area contributed by atoms with Crippen molar-refractivity contribution in [2.45, 2.75) is 51.5 Å². The fraction of sp³-hybridized carbons (Fsp3) is 0.400. The number of methoxy groups -OCH3 is 1. The fourth-order valence-corrected chi connectivity index (χ4v) is 6.18. The van der Waals surface area contributed by atoms with Crippen molar-refractivity contribution in [2.24, 2.45) is 0 Å². The number of para-hydroxylation sites is 2. The summed E-state index contributed by atoms with van der Waals surface area (Å²) in [7, 11) is 1.60. The molecule has 11 heteroatoms. The highest BCUT2D eigenvalue weighted by molar-refractivity contribution is 5.85. The zero-order chi connectivity index (χ0) is 32.0. The Morgan fingerprint density at radius 2 is 1.83 bits per heavy atom. The Morgan fingerprint density at radius 3 is 2.67 bits per heavy atom. The number of benzene rings is 3. The summed E-state index contributed by atoms with van der Waals surface area (Å²) in [5.41, 5.74) is 3.20. The van der Waals surface area contributed by atoms with Gasteiger partial charge in [0.05, 0.1) is 37.9 Å². The number of oxazole rings is 1. The molecule has 0 spiro atoms. The van der Waals surface area contributed by atoms with Gasteiger partial charge in [0.15, 0.2) is 17.1 Å². The third-order valence-corrected chi connectivity index (χ3v) is 8.72. The smallest absolute Gasteiger partial charge is 0.419 e. The summed E-state index contributed by atoms with van der Waals surface area (Å²) in [6, 6.07) is 20.5. The van der Waals surface area contributed by atoms with Gasteiger partial charge in [-0.2, -0.15) is 0 Å². The van der Waals surface area contributed by atoms with E-state index in [1.807, 2.05) is 67.6 Å². The molecule has 0 saturated carbocycles. The molecule has 3 aromatic carbocycles. The van der Waals surface area contributed by atoms with Crippen LogP contribution in [0.1, 0.15) is 30.9 Å². The van der Waals surface area contributed by atoms with E-state index in [2.05, 4.69) is 10.2 Å². The number of carbonyl (C=O) groups is 2. The van der Waals surface area contributed by atoms with Crippen molar-refractivity contribution in [1.82, 2.24) is 19.7 Å². The number of aromatic nitrogens is 1. The van der Waals surface area contributed by atoms with Crippen LogP contribution in [0, 0.1) is 0 Å². The molecule has 11 nitrogen and oxygen atoms in total. The van der Waals surface area contributed by atoms with Gasteiger partial charge in [0, 0.05) is 39.1 Å². The molecule has 1 saturated heterocycles. The largest absolute Gasteiger partial charge is 0.493 e. The molecule has 0 radical (unpaired) electrons. The van der Waals surface area contributed by atoms with E-state index in [1.54, 1.807) is 22.6 Å². The molecule has 46 heavy (non-hydrogen) atoms. The van der Waals surface area contributed by atoms with Crippen LogP contribution in [0.15, 0.2) is 75.9 Å². The van der Waals surface area contributed by atoms with Crippen molar-refractivity contribution >= 4 is 22.9 Å². The van der Waals surface area contributed by atoms with E-state index in [0.29, 0.717) is 75.0 Å². The number of nitrogens with one attached hydrogen (secondary N) is 1. The summed E-state index contributed by atoms with van der Waals surface area (Å²) >= 11 is 0. The second-order valence-corrected chi connectivity index (χ2v) is 11.7. The van der Waals surface area contributed by atoms with E-state index < -0.39 is 0 Å². The first kappa shape index (κ1) is 31.4. The summed E-state index contributed by atoms with van der Waals surface area (Å²) < 4.78 is 25.4. The van der Waals surface area contributed by atoms with Crippen molar-refractivity contribution in [3.63, 3.8) is 0 Å². The van der Waals surface area contributed by atoms with Crippen LogP contribution in [0.25, 0.3) is 11.1 Å². The van der Waals surface area contributed by atoms with Crippen molar-refractivity contribution in [1.29, 1.82) is 0 Å². The highest BCUT2D eigenvalue weighted by atomic mass is 16.5. The van der Waals surface area contributed by atoms with Gasteiger partial charge in [-0.25, -0.2) is 4.79 Å². The molecule has 6 rings (SSSR count). The normalized spacial score (nSPS) is 19.9. The van der Waals surface area contributed by atoms with Crippen molar-refractivity contribution in [3.8, 4) is 17.2 Å². The van der Waals surface area contributed by atoms with Crippen LogP contribution in [0.3, 0.4) is 0 Å². The van der Waals surface area contributed by atoms with Gasteiger partial charge in [-0.15, -0.1) is 0 Å². The van der Waals surface area contributed by atoms with Crippen molar-refractivity contribution < 1.29 is 28.2 Å². The highest BCUT2D eigenvalue weighted by Gasteiger charge is 2.32. The summed E-state index contributed by atoms with van der Waals surface area (Å²) in [6.07, 6.45) is 1.12. The molecular formula is C35H40N4O7. The quantitative estimate of drug-likeness (QED) is 0.353. The lowest BCUT2D eigenvalue weighted by molar-refractivity contribution is -0.136. The molecule has 3 heterocycles. The summed E-state index contributed by atoms with van der Waals surface area (Å²) in [6.45, 7) is 4.97. The molecular weight excluding hydrogens is 588 g/mol. The number of piperidine rings is 1. The van der Waals surface area contributed by atoms with Gasteiger partial charge in [0.2, 0.25) is 11.8 Å². The summed E-state index contributed by atoms with van der Waals surface area (Å²) in [5, 5.41) is 3.16. The Bertz CT molecular complexity index is 1750. The average Bonchev–Trinajstić information content (AvgIpc) is 3.39. The molecule has 242 valence electrons. The first-order valence-corrected chi connectivity index (χ1v) is 15.8. The molecule has 1 fully saturated rings. The second-order valence-electron chi connectivity index (χ2n) is 11.7. The minimum atomic E-state index is -0.378. The first-order chi connectivity index (χ1) is 22.4. The standard InChI is InChI=1S/C35H40N4O7/c1-3-38-22-33(40)36-27-15-16-37(17-18-39-28-9-4-5-10-29(28)46-35(39)42)21-32(27)44-23-25-7-6-8-26(19-25)45-31-20-24(12-14-34(38)41)11-13-30(31)43-2/h4-11,13,19-20,27,32H,3,12,14-18,21-23H2,1-2H3,(H,36,40)/t27-,32-/m0/s1. The van der Waals surface area contributed by atoms with Crippen LogP contribution in [-0.2, 0) is 33.9 Å². The van der Waals surface area contributed by atoms with Crippen LogP contribution >= 0.6 is 0 Å². The van der Waals surface area contributed by atoms with Crippen LogP contribution < -0.4 is 20.5 Å². The number of ether oxygens (including phenoxy) is 3. The maximum absolute atomic E-state index is 13.3. The van der Waals surface area contributed by atoms with E-state index in [1.165, 1.54) is 0 Å². The zero-order valence-electron chi connectivity index (χ0n) is 26.3. The Balaban J connectivity index is 1.22. The maximum Gasteiger partial charge on any atom is 0.419 e. The molecule has 1 N–H and O–H groups in total. The molecule has 2 amide bonds. The van der Waals surface area contributed by atoms with E-state index in [9.17, 15) is 14.4 Å². The molecule has 2 aliphatic rings. The predicted octanol–water partition coefficient (Wildman–Crippen LogP) is 3.97. The Labute approximate surface area is 267 Å². The van der Waals surface area contributed by atoms with E-state index in [0.717, 1.165) is 16.6 Å². The van der Waals surface area contributed by atoms with Crippen molar-refractivity contribution in [3.05, 3.63) is 88.4 Å². The third-order valence-electron chi connectivity index (χ3n) is 8.72. The molecule has 4 bridgehead atoms. The molecule has 2 atom stereocenters. The Kier molecular flexibility index (Phi) is 9.70. The molecule has 4 aromatic rings. The number of amides is 2.